The molecule has 1 aromatic carbocycles. The number of nitrogens with one attached hydrogen (secondary N) is 2. The summed E-state index contributed by atoms with van der Waals surface area (Å²) in [6, 6.07) is 2.74. The summed E-state index contributed by atoms with van der Waals surface area (Å²) in [7, 11) is 0. The van der Waals surface area contributed by atoms with Gasteiger partial charge < -0.3 is 10.6 Å². The molecular weight excluding hydrogens is 326 g/mol. The first-order chi connectivity index (χ1) is 10.5. The highest BCUT2D eigenvalue weighted by atomic mass is 35.5. The number of hydrogen-bond donors (Lipinski definition) is 2. The number of carbonyl (C=O) groups is 1. The fourth-order valence-corrected chi connectivity index (χ4v) is 3.30. The normalized spacial score (nSPS) is 17.3. The van der Waals surface area contributed by atoms with Gasteiger partial charge in [-0.15, -0.1) is 0 Å². The Kier molecular flexibility index (Phi) is 6.48. The number of carbonyl (C=O) groups excluding carboxylic acids is 1. The van der Waals surface area contributed by atoms with E-state index in [2.05, 4.69) is 10.6 Å². The van der Waals surface area contributed by atoms with Gasteiger partial charge in [-0.1, -0.05) is 42.5 Å². The number of rotatable bonds is 5. The fraction of sp³-hybridized carbons (Fsp3) is 0.562. The minimum atomic E-state index is -0.513. The van der Waals surface area contributed by atoms with Crippen LogP contribution in [0.5, 0.6) is 0 Å². The lowest BCUT2D eigenvalue weighted by molar-refractivity contribution is -0.121. The second-order valence-electron chi connectivity index (χ2n) is 5.79. The van der Waals surface area contributed by atoms with Crippen LogP contribution in [0.25, 0.3) is 0 Å². The first kappa shape index (κ1) is 17.5. The highest BCUT2D eigenvalue weighted by Crippen LogP contribution is 2.28. The van der Waals surface area contributed by atoms with Crippen LogP contribution < -0.4 is 10.6 Å². The van der Waals surface area contributed by atoms with E-state index in [1.54, 1.807) is 0 Å². The molecule has 1 aliphatic rings. The first-order valence-electron chi connectivity index (χ1n) is 7.64. The third kappa shape index (κ3) is 4.83. The molecule has 0 aromatic heterocycles. The van der Waals surface area contributed by atoms with Gasteiger partial charge in [-0.2, -0.15) is 0 Å². The van der Waals surface area contributed by atoms with Gasteiger partial charge in [0.15, 0.2) is 0 Å². The summed E-state index contributed by atoms with van der Waals surface area (Å²) >= 11 is 11.8. The third-order valence-corrected chi connectivity index (χ3v) is 4.66. The Labute approximate surface area is 140 Å². The molecule has 22 heavy (non-hydrogen) atoms. The van der Waals surface area contributed by atoms with Crippen molar-refractivity contribution in [1.29, 1.82) is 0 Å². The Bertz CT molecular complexity index is 533. The molecule has 0 aliphatic heterocycles. The minimum absolute atomic E-state index is 0.00371. The van der Waals surface area contributed by atoms with Crippen molar-refractivity contribution in [3.05, 3.63) is 33.6 Å². The van der Waals surface area contributed by atoms with Crippen molar-refractivity contribution in [1.82, 2.24) is 10.6 Å². The van der Waals surface area contributed by atoms with Gasteiger partial charge in [0.1, 0.15) is 5.82 Å². The summed E-state index contributed by atoms with van der Waals surface area (Å²) < 4.78 is 13.5. The quantitative estimate of drug-likeness (QED) is 0.783. The Hall–Kier alpha value is -0.840. The van der Waals surface area contributed by atoms with Crippen molar-refractivity contribution in [2.75, 3.05) is 6.54 Å². The molecule has 122 valence electrons. The highest BCUT2D eigenvalue weighted by Gasteiger charge is 2.17. The van der Waals surface area contributed by atoms with Crippen LogP contribution in [-0.4, -0.2) is 18.5 Å². The topological polar surface area (TPSA) is 41.1 Å². The zero-order chi connectivity index (χ0) is 16.1. The Morgan fingerprint density at radius 1 is 1.27 bits per heavy atom. The Balaban J connectivity index is 1.85. The van der Waals surface area contributed by atoms with Gasteiger partial charge in [0.2, 0.25) is 5.91 Å². The summed E-state index contributed by atoms with van der Waals surface area (Å²) in [5.41, 5.74) is 0.592. The van der Waals surface area contributed by atoms with Crippen molar-refractivity contribution < 1.29 is 9.18 Å². The molecule has 1 aromatic rings. The maximum atomic E-state index is 13.5. The molecule has 0 saturated heterocycles. The zero-order valence-corrected chi connectivity index (χ0v) is 14.1. The zero-order valence-electron chi connectivity index (χ0n) is 12.6. The molecule has 2 N–H and O–H groups in total. The minimum Gasteiger partial charge on any atom is -0.352 e. The number of benzene rings is 1. The lowest BCUT2D eigenvalue weighted by Gasteiger charge is -2.23. The molecule has 3 nitrogen and oxygen atoms in total. The lowest BCUT2D eigenvalue weighted by atomic mass is 9.95. The molecule has 0 bridgehead atoms. The molecule has 1 atom stereocenters. The van der Waals surface area contributed by atoms with Crippen LogP contribution in [0.15, 0.2) is 12.1 Å². The molecule has 0 heterocycles. The van der Waals surface area contributed by atoms with E-state index >= 15 is 0 Å². The molecule has 1 amide bonds. The van der Waals surface area contributed by atoms with E-state index < -0.39 is 5.82 Å². The van der Waals surface area contributed by atoms with Crippen LogP contribution in [0.2, 0.25) is 10.0 Å². The second kappa shape index (κ2) is 8.14. The van der Waals surface area contributed by atoms with E-state index in [-0.39, 0.29) is 29.6 Å². The third-order valence-electron chi connectivity index (χ3n) is 4.05. The Morgan fingerprint density at radius 2 is 1.95 bits per heavy atom. The van der Waals surface area contributed by atoms with Crippen molar-refractivity contribution in [3.63, 3.8) is 0 Å². The van der Waals surface area contributed by atoms with Crippen molar-refractivity contribution >= 4 is 29.1 Å². The molecule has 1 fully saturated rings. The van der Waals surface area contributed by atoms with Crippen LogP contribution in [0.4, 0.5) is 4.39 Å². The molecule has 2 rings (SSSR count). The molecular formula is C16H21Cl2FN2O. The van der Waals surface area contributed by atoms with Crippen LogP contribution in [-0.2, 0) is 4.79 Å². The largest absolute Gasteiger partial charge is 0.352 e. The van der Waals surface area contributed by atoms with Crippen LogP contribution in [0.3, 0.4) is 0 Å². The molecule has 0 radical (unpaired) electrons. The second-order valence-corrected chi connectivity index (χ2v) is 6.61. The van der Waals surface area contributed by atoms with Crippen LogP contribution >= 0.6 is 23.2 Å². The average Bonchev–Trinajstić information content (AvgIpc) is 2.49. The van der Waals surface area contributed by atoms with E-state index in [4.69, 9.17) is 23.2 Å². The SMILES string of the molecule is C[C@H](NCC(=O)NC1CCCCC1)c1cc(F)c(Cl)cc1Cl. The van der Waals surface area contributed by atoms with Crippen molar-refractivity contribution in [3.8, 4) is 0 Å². The van der Waals surface area contributed by atoms with Crippen LogP contribution in [0, 0.1) is 5.82 Å². The maximum absolute atomic E-state index is 13.5. The van der Waals surface area contributed by atoms with E-state index in [1.165, 1.54) is 31.4 Å². The van der Waals surface area contributed by atoms with Gasteiger partial charge in [-0.3, -0.25) is 4.79 Å². The van der Waals surface area contributed by atoms with E-state index in [0.717, 1.165) is 12.8 Å². The van der Waals surface area contributed by atoms with E-state index in [1.807, 2.05) is 6.92 Å². The molecule has 6 heteroatoms. The standard InChI is InChI=1S/C16H21Cl2FN2O/c1-10(12-7-15(19)14(18)8-13(12)17)20-9-16(22)21-11-5-3-2-4-6-11/h7-8,10-11,20H,2-6,9H2,1H3,(H,21,22)/t10-/m0/s1. The predicted molar refractivity (Wildman–Crippen MR) is 87.9 cm³/mol. The average molecular weight is 347 g/mol. The highest BCUT2D eigenvalue weighted by molar-refractivity contribution is 6.35. The van der Waals surface area contributed by atoms with E-state index in [9.17, 15) is 9.18 Å². The van der Waals surface area contributed by atoms with Crippen molar-refractivity contribution in [2.24, 2.45) is 0 Å². The van der Waals surface area contributed by atoms with Gasteiger partial charge in [0.25, 0.3) is 0 Å². The van der Waals surface area contributed by atoms with Gasteiger partial charge in [0.05, 0.1) is 11.6 Å². The summed E-state index contributed by atoms with van der Waals surface area (Å²) in [5.74, 6) is -0.550. The monoisotopic (exact) mass is 346 g/mol. The summed E-state index contributed by atoms with van der Waals surface area (Å²) in [5, 5.41) is 6.49. The summed E-state index contributed by atoms with van der Waals surface area (Å²) in [6.07, 6.45) is 5.70. The maximum Gasteiger partial charge on any atom is 0.234 e. The fourth-order valence-electron chi connectivity index (χ4n) is 2.75. The van der Waals surface area contributed by atoms with Gasteiger partial charge in [0, 0.05) is 17.1 Å². The predicted octanol–water partition coefficient (Wildman–Crippen LogP) is 4.23. The lowest BCUT2D eigenvalue weighted by Crippen LogP contribution is -2.41. The summed E-state index contributed by atoms with van der Waals surface area (Å²) in [6.45, 7) is 2.01. The number of hydrogen-bond acceptors (Lipinski definition) is 2. The molecule has 1 aliphatic carbocycles. The van der Waals surface area contributed by atoms with Gasteiger partial charge in [-0.25, -0.2) is 4.39 Å². The molecule has 0 spiro atoms. The smallest absolute Gasteiger partial charge is 0.234 e. The van der Waals surface area contributed by atoms with Crippen molar-refractivity contribution in [2.45, 2.75) is 51.1 Å². The van der Waals surface area contributed by atoms with Gasteiger partial charge in [-0.05, 0) is 37.5 Å². The number of amides is 1. The van der Waals surface area contributed by atoms with Crippen LogP contribution in [0.1, 0.15) is 50.6 Å². The van der Waals surface area contributed by atoms with Gasteiger partial charge >= 0.3 is 0 Å². The Morgan fingerprint density at radius 3 is 2.64 bits per heavy atom. The molecule has 0 unspecified atom stereocenters. The number of halogens is 3. The van der Waals surface area contributed by atoms with E-state index in [0.29, 0.717) is 10.6 Å². The molecule has 1 saturated carbocycles. The summed E-state index contributed by atoms with van der Waals surface area (Å²) in [4.78, 5) is 12.0. The first-order valence-corrected chi connectivity index (χ1v) is 8.40.